The third-order valence-corrected chi connectivity index (χ3v) is 4.17. The van der Waals surface area contributed by atoms with E-state index in [9.17, 15) is 20.4 Å². The van der Waals surface area contributed by atoms with E-state index in [4.69, 9.17) is 5.31 Å². The van der Waals surface area contributed by atoms with Gasteiger partial charge in [-0.25, -0.2) is 0 Å². The van der Waals surface area contributed by atoms with Crippen molar-refractivity contribution >= 4 is 14.7 Å². The van der Waals surface area contributed by atoms with E-state index >= 15 is 0 Å². The summed E-state index contributed by atoms with van der Waals surface area (Å²) in [6.45, 7) is 5.77. The molecule has 0 aromatic heterocycles. The predicted molar refractivity (Wildman–Crippen MR) is 104 cm³/mol. The third kappa shape index (κ3) is 6.53. The molecule has 0 radical (unpaired) electrons. The van der Waals surface area contributed by atoms with Crippen molar-refractivity contribution in [3.05, 3.63) is 47.5 Å². The molecule has 2 aromatic carbocycles. The van der Waals surface area contributed by atoms with Crippen molar-refractivity contribution in [1.29, 1.82) is 5.31 Å². The van der Waals surface area contributed by atoms with E-state index < -0.39 is 0 Å². The summed E-state index contributed by atoms with van der Waals surface area (Å²) in [5.74, 6) is 0.314. The molecule has 7 heteroatoms. The van der Waals surface area contributed by atoms with E-state index in [0.29, 0.717) is 19.6 Å². The number of aromatic hydroxyl groups is 4. The van der Waals surface area contributed by atoms with Gasteiger partial charge in [0.2, 0.25) is 0 Å². The van der Waals surface area contributed by atoms with Crippen molar-refractivity contribution in [1.82, 2.24) is 0 Å². The Morgan fingerprint density at radius 1 is 0.800 bits per heavy atom. The zero-order chi connectivity index (χ0) is 19.0. The van der Waals surface area contributed by atoms with Crippen molar-refractivity contribution in [3.63, 3.8) is 0 Å². The minimum absolute atomic E-state index is 0.0965. The molecule has 0 saturated heterocycles. The second-order valence-corrected chi connectivity index (χ2v) is 6.01. The number of phenolic OH excluding ortho intramolecular Hbond substituents is 4. The van der Waals surface area contributed by atoms with Crippen LogP contribution in [0.3, 0.4) is 0 Å². The average molecular weight is 342 g/mol. The van der Waals surface area contributed by atoms with Gasteiger partial charge in [0, 0.05) is 0 Å². The standard InChI is InChI=1S/C18H22O4.B2H4N/c1-11(7-13-3-5-15(19)17(21)9-13)12(2)8-14-4-6-16(20)18(22)10-14;1-2-3/h3-6,9-12,19-22H,7-8H2,1-2H3;3H,1H3/q;-1/t11-,12+;. The summed E-state index contributed by atoms with van der Waals surface area (Å²) >= 11 is 0. The Kier molecular flexibility index (Phi) is 8.05. The van der Waals surface area contributed by atoms with Gasteiger partial charge in [-0.3, -0.25) is 0 Å². The van der Waals surface area contributed by atoms with Gasteiger partial charge in [0.15, 0.2) is 23.0 Å². The molecule has 134 valence electrons. The first kappa shape index (κ1) is 20.6. The topological polar surface area (TPSA) is 105 Å². The molecular weight excluding hydrogens is 316 g/mol. The predicted octanol–water partition coefficient (Wildman–Crippen LogP) is 2.30. The van der Waals surface area contributed by atoms with E-state index in [0.717, 1.165) is 24.0 Å². The van der Waals surface area contributed by atoms with E-state index in [2.05, 4.69) is 13.8 Å². The Bertz CT molecular complexity index is 652. The monoisotopic (exact) mass is 342 g/mol. The summed E-state index contributed by atoms with van der Waals surface area (Å²) < 4.78 is 0. The van der Waals surface area contributed by atoms with Crippen LogP contribution in [-0.4, -0.2) is 35.1 Å². The number of benzene rings is 2. The fourth-order valence-corrected chi connectivity index (χ4v) is 2.54. The van der Waals surface area contributed by atoms with Gasteiger partial charge in [0.25, 0.3) is 0 Å². The Morgan fingerprint density at radius 2 is 1.12 bits per heavy atom. The fourth-order valence-electron chi connectivity index (χ4n) is 2.54. The van der Waals surface area contributed by atoms with Crippen LogP contribution in [0.1, 0.15) is 25.0 Å². The molecule has 0 saturated carbocycles. The molecule has 25 heavy (non-hydrogen) atoms. The first-order valence-electron chi connectivity index (χ1n) is 7.67. The molecule has 5 nitrogen and oxygen atoms in total. The molecule has 5 N–H and O–H groups in total. The molecule has 2 atom stereocenters. The molecule has 0 fully saturated rings. The van der Waals surface area contributed by atoms with Gasteiger partial charge < -0.3 is 20.4 Å². The van der Waals surface area contributed by atoms with Gasteiger partial charge >= 0.3 is 20.0 Å². The Balaban J connectivity index is 0.000000970. The molecule has 0 unspecified atom stereocenters. The SMILES string of the molecule is C[C@H](Cc1ccc(O)c(O)c1)[C@@H](C)Cc1ccc(O)c(O)c1.[BH3-]B=N. The third-order valence-electron chi connectivity index (χ3n) is 4.17. The maximum absolute atomic E-state index is 9.54. The van der Waals surface area contributed by atoms with Crippen LogP contribution in [-0.2, 0) is 12.8 Å². The van der Waals surface area contributed by atoms with Crippen LogP contribution < -0.4 is 0 Å². The van der Waals surface area contributed by atoms with E-state index in [1.807, 2.05) is 12.1 Å². The van der Waals surface area contributed by atoms with Crippen LogP contribution >= 0.6 is 0 Å². The number of hydrogen-bond donors (Lipinski definition) is 5. The molecule has 2 aromatic rings. The normalized spacial score (nSPS) is 12.4. The summed E-state index contributed by atoms with van der Waals surface area (Å²) in [6, 6.07) is 9.80. The van der Waals surface area contributed by atoms with E-state index in [1.54, 1.807) is 12.1 Å². The average Bonchev–Trinajstić information content (AvgIpc) is 2.55. The second-order valence-electron chi connectivity index (χ2n) is 6.01. The van der Waals surface area contributed by atoms with Crippen molar-refractivity contribution < 1.29 is 20.4 Å². The van der Waals surface area contributed by atoms with Crippen LogP contribution in [0.2, 0.25) is 0 Å². The zero-order valence-electron chi connectivity index (χ0n) is 13.9. The van der Waals surface area contributed by atoms with Crippen molar-refractivity contribution in [2.75, 3.05) is 0 Å². The molecule has 0 aliphatic carbocycles. The van der Waals surface area contributed by atoms with Gasteiger partial charge in [0.05, 0.1) is 0 Å². The van der Waals surface area contributed by atoms with Crippen molar-refractivity contribution in [2.24, 2.45) is 11.8 Å². The van der Waals surface area contributed by atoms with Gasteiger partial charge in [-0.05, 0) is 60.1 Å². The molecule has 0 spiro atoms. The first-order valence-corrected chi connectivity index (χ1v) is 7.67. The van der Waals surface area contributed by atoms with Gasteiger partial charge in [-0.1, -0.05) is 26.0 Å². The summed E-state index contributed by atoms with van der Waals surface area (Å²) in [5, 5.41) is 44.0. The molecule has 0 bridgehead atoms. The summed E-state index contributed by atoms with van der Waals surface area (Å²) in [7, 11) is 0.306. The zero-order valence-corrected chi connectivity index (χ0v) is 13.9. The van der Waals surface area contributed by atoms with Crippen LogP contribution in [0.15, 0.2) is 36.4 Å². The Morgan fingerprint density at radius 3 is 1.40 bits per heavy atom. The van der Waals surface area contributed by atoms with Crippen LogP contribution in [0.25, 0.3) is 0 Å². The Labute approximate surface area is 150 Å². The quantitative estimate of drug-likeness (QED) is 0.425. The van der Waals surface area contributed by atoms with Gasteiger partial charge in [-0.15, -0.1) is 0 Å². The van der Waals surface area contributed by atoms with Crippen LogP contribution in [0.4, 0.5) is 0 Å². The number of rotatable bonds is 5. The minimum atomic E-state index is -0.107. The van der Waals surface area contributed by atoms with Gasteiger partial charge in [0.1, 0.15) is 0 Å². The maximum atomic E-state index is 9.54. The molecule has 0 aliphatic rings. The first-order chi connectivity index (χ1) is 11.8. The number of phenols is 4. The van der Waals surface area contributed by atoms with Crippen molar-refractivity contribution in [3.8, 4) is 23.0 Å². The summed E-state index contributed by atoms with van der Waals surface area (Å²) in [6.07, 6.45) is 1.58. The summed E-state index contributed by atoms with van der Waals surface area (Å²) in [4.78, 5) is 0. The molecular formula is C18H26B2NO4-. The van der Waals surface area contributed by atoms with Crippen LogP contribution in [0.5, 0.6) is 23.0 Å². The van der Waals surface area contributed by atoms with E-state index in [-0.39, 0.29) is 23.0 Å². The second kappa shape index (κ2) is 9.77. The van der Waals surface area contributed by atoms with Crippen LogP contribution in [0, 0.1) is 17.1 Å². The molecule has 2 rings (SSSR count). The van der Waals surface area contributed by atoms with Gasteiger partial charge in [-0.2, -0.15) is 0 Å². The summed E-state index contributed by atoms with van der Waals surface area (Å²) in [5.41, 5.74) is 1.95. The van der Waals surface area contributed by atoms with Crippen molar-refractivity contribution in [2.45, 2.75) is 26.7 Å². The molecule has 0 heterocycles. The number of nitrogens with one attached hydrogen (secondary N) is 1. The number of hydrogen-bond acceptors (Lipinski definition) is 5. The molecule has 0 amide bonds. The Hall–Kier alpha value is -2.43. The van der Waals surface area contributed by atoms with E-state index in [1.165, 1.54) is 19.1 Å². The fraction of sp³-hybridized carbons (Fsp3) is 0.333. The molecule has 0 aliphatic heterocycles.